The van der Waals surface area contributed by atoms with Crippen LogP contribution in [0.25, 0.3) is 6.08 Å². The Labute approximate surface area is 153 Å². The largest absolute Gasteiger partial charge is 0.546 e. The van der Waals surface area contributed by atoms with E-state index in [4.69, 9.17) is 17.0 Å². The third-order valence-corrected chi connectivity index (χ3v) is 4.53. The molecule has 6 nitrogen and oxygen atoms in total. The number of aromatic nitrogens is 1. The van der Waals surface area contributed by atoms with E-state index in [-0.39, 0.29) is 5.91 Å². The molecule has 1 aromatic heterocycles. The molecule has 0 spiro atoms. The molecule has 3 rings (SSSR count). The lowest BCUT2D eigenvalue weighted by Gasteiger charge is -2.13. The van der Waals surface area contributed by atoms with Gasteiger partial charge in [-0.1, -0.05) is 36.1 Å². The lowest BCUT2D eigenvalue weighted by Crippen LogP contribution is -2.28. The van der Waals surface area contributed by atoms with Gasteiger partial charge in [-0.25, -0.2) is 0 Å². The molecule has 8 heteroatoms. The van der Waals surface area contributed by atoms with E-state index < -0.39 is 12.6 Å². The Morgan fingerprint density at radius 1 is 1.32 bits per heavy atom. The summed E-state index contributed by atoms with van der Waals surface area (Å²) in [7, 11) is 0. The van der Waals surface area contributed by atoms with Crippen LogP contribution in [0.5, 0.6) is 5.75 Å². The van der Waals surface area contributed by atoms with Crippen molar-refractivity contribution in [1.82, 2.24) is 4.98 Å². The van der Waals surface area contributed by atoms with Gasteiger partial charge in [0.25, 0.3) is 5.91 Å². The molecule has 1 saturated heterocycles. The number of thiocarbonyl (C=S) groups is 1. The van der Waals surface area contributed by atoms with Gasteiger partial charge in [0.1, 0.15) is 12.4 Å². The molecule has 2 heterocycles. The third kappa shape index (κ3) is 4.04. The zero-order valence-corrected chi connectivity index (χ0v) is 14.4. The van der Waals surface area contributed by atoms with E-state index in [1.807, 2.05) is 0 Å². The average molecular weight is 371 g/mol. The lowest BCUT2D eigenvalue weighted by molar-refractivity contribution is -0.307. The number of thioether (sulfide) groups is 1. The van der Waals surface area contributed by atoms with E-state index in [1.54, 1.807) is 54.9 Å². The summed E-state index contributed by atoms with van der Waals surface area (Å²) in [6.45, 7) is -0.511. The number of pyridine rings is 1. The minimum atomic E-state index is -1.29. The number of rotatable bonds is 5. The fourth-order valence-corrected chi connectivity index (χ4v) is 3.43. The van der Waals surface area contributed by atoms with Crippen LogP contribution < -0.4 is 14.7 Å². The van der Waals surface area contributed by atoms with Gasteiger partial charge in [0.05, 0.1) is 22.8 Å². The maximum Gasteiger partial charge on any atom is 0.270 e. The van der Waals surface area contributed by atoms with Gasteiger partial charge in [-0.3, -0.25) is 14.7 Å². The minimum Gasteiger partial charge on any atom is -0.546 e. The van der Waals surface area contributed by atoms with Crippen molar-refractivity contribution >= 4 is 51.9 Å². The lowest BCUT2D eigenvalue weighted by atomic mass is 10.2. The highest BCUT2D eigenvalue weighted by molar-refractivity contribution is 8.27. The molecule has 0 unspecified atom stereocenters. The summed E-state index contributed by atoms with van der Waals surface area (Å²) in [4.78, 5) is 28.9. The first-order valence-corrected chi connectivity index (χ1v) is 8.38. The fourth-order valence-electron chi connectivity index (χ4n) is 2.13. The second-order valence-electron chi connectivity index (χ2n) is 4.96. The fraction of sp³-hybridized carbons (Fsp3) is 0.0588. The molecule has 1 aliphatic rings. The number of carbonyl (C=O) groups is 2. The van der Waals surface area contributed by atoms with E-state index in [0.29, 0.717) is 20.7 Å². The first-order valence-electron chi connectivity index (χ1n) is 7.15. The molecule has 0 saturated carbocycles. The summed E-state index contributed by atoms with van der Waals surface area (Å²) in [6, 6.07) is 10.2. The molecule has 126 valence electrons. The van der Waals surface area contributed by atoms with Crippen molar-refractivity contribution in [3.05, 3.63) is 59.3 Å². The highest BCUT2D eigenvalue weighted by Gasteiger charge is 2.33. The van der Waals surface area contributed by atoms with E-state index in [1.165, 1.54) is 16.7 Å². The van der Waals surface area contributed by atoms with Gasteiger partial charge in [-0.2, -0.15) is 0 Å². The number of carboxylic acid groups (broad SMARTS) is 1. The van der Waals surface area contributed by atoms with Crippen molar-refractivity contribution in [2.75, 3.05) is 11.5 Å². The quantitative estimate of drug-likeness (QED) is 0.583. The molecule has 0 atom stereocenters. The molecule has 1 aromatic carbocycles. The predicted octanol–water partition coefficient (Wildman–Crippen LogP) is 1.62. The monoisotopic (exact) mass is 371 g/mol. The molecule has 0 radical (unpaired) electrons. The number of amides is 1. The number of carbonyl (C=O) groups excluding carboxylic acids is 2. The number of hydrogen-bond acceptors (Lipinski definition) is 7. The van der Waals surface area contributed by atoms with Gasteiger partial charge < -0.3 is 14.6 Å². The SMILES string of the molecule is O=C([O-])COc1ccc(/C=C2\SC(=S)N(c3cccnc3)C2=O)cc1. The molecule has 1 amide bonds. The Balaban J connectivity index is 1.77. The second kappa shape index (κ2) is 7.45. The van der Waals surface area contributed by atoms with Gasteiger partial charge in [0.15, 0.2) is 4.32 Å². The number of anilines is 1. The third-order valence-electron chi connectivity index (χ3n) is 3.23. The number of nitrogens with zero attached hydrogens (tertiary/aromatic N) is 2. The number of aliphatic carboxylic acids is 1. The summed E-state index contributed by atoms with van der Waals surface area (Å²) in [6.07, 6.45) is 4.93. The topological polar surface area (TPSA) is 82.6 Å². The molecular formula is C17H11N2O4S2-. The van der Waals surface area contributed by atoms with Gasteiger partial charge >= 0.3 is 0 Å². The van der Waals surface area contributed by atoms with Crippen LogP contribution >= 0.6 is 24.0 Å². The second-order valence-corrected chi connectivity index (χ2v) is 6.63. The van der Waals surface area contributed by atoms with Crippen molar-refractivity contribution in [3.63, 3.8) is 0 Å². The van der Waals surface area contributed by atoms with E-state index in [9.17, 15) is 14.7 Å². The standard InChI is InChI=1S/C17H12N2O4S2/c20-15(21)10-23-13-5-3-11(4-6-13)8-14-16(22)19(17(24)25-14)12-2-1-7-18-9-12/h1-9H,10H2,(H,20,21)/p-1/b14-8-. The van der Waals surface area contributed by atoms with Crippen LogP contribution in [0.1, 0.15) is 5.56 Å². The summed E-state index contributed by atoms with van der Waals surface area (Å²) in [5.74, 6) is -1.09. The van der Waals surface area contributed by atoms with Crippen molar-refractivity contribution in [2.24, 2.45) is 0 Å². The minimum absolute atomic E-state index is 0.208. The molecule has 1 aliphatic heterocycles. The Morgan fingerprint density at radius 3 is 2.72 bits per heavy atom. The Hall–Kier alpha value is -2.71. The summed E-state index contributed by atoms with van der Waals surface area (Å²) < 4.78 is 5.46. The van der Waals surface area contributed by atoms with E-state index >= 15 is 0 Å². The van der Waals surface area contributed by atoms with E-state index in [0.717, 1.165) is 5.56 Å². The zero-order valence-electron chi connectivity index (χ0n) is 12.7. The van der Waals surface area contributed by atoms with Gasteiger partial charge in [-0.05, 0) is 35.9 Å². The predicted molar refractivity (Wildman–Crippen MR) is 96.8 cm³/mol. The number of hydrogen-bond donors (Lipinski definition) is 0. The zero-order chi connectivity index (χ0) is 17.8. The summed E-state index contributed by atoms with van der Waals surface area (Å²) in [5.41, 5.74) is 1.40. The van der Waals surface area contributed by atoms with Crippen LogP contribution in [-0.2, 0) is 9.59 Å². The Morgan fingerprint density at radius 2 is 2.08 bits per heavy atom. The molecule has 1 fully saturated rings. The van der Waals surface area contributed by atoms with Gasteiger partial charge in [0, 0.05) is 6.20 Å². The summed E-state index contributed by atoms with van der Waals surface area (Å²) >= 11 is 6.50. The number of ether oxygens (including phenoxy) is 1. The molecular weight excluding hydrogens is 360 g/mol. The van der Waals surface area contributed by atoms with Crippen molar-refractivity contribution in [1.29, 1.82) is 0 Å². The molecule has 0 bridgehead atoms. The maximum atomic E-state index is 12.6. The Bertz CT molecular complexity index is 851. The van der Waals surface area contributed by atoms with Gasteiger partial charge in [0.2, 0.25) is 0 Å². The van der Waals surface area contributed by atoms with E-state index in [2.05, 4.69) is 4.98 Å². The van der Waals surface area contributed by atoms with Crippen LogP contribution in [0, 0.1) is 0 Å². The van der Waals surface area contributed by atoms with Crippen LogP contribution in [0.4, 0.5) is 5.69 Å². The molecule has 0 aliphatic carbocycles. The molecule has 0 N–H and O–H groups in total. The van der Waals surface area contributed by atoms with Crippen molar-refractivity contribution < 1.29 is 19.4 Å². The average Bonchev–Trinajstić information content (AvgIpc) is 2.88. The van der Waals surface area contributed by atoms with Crippen LogP contribution in [-0.4, -0.2) is 27.8 Å². The molecule has 2 aromatic rings. The highest BCUT2D eigenvalue weighted by atomic mass is 32.2. The first-order chi connectivity index (χ1) is 12.0. The van der Waals surface area contributed by atoms with Crippen molar-refractivity contribution in [2.45, 2.75) is 0 Å². The smallest absolute Gasteiger partial charge is 0.270 e. The van der Waals surface area contributed by atoms with Gasteiger partial charge in [-0.15, -0.1) is 0 Å². The summed E-state index contributed by atoms with van der Waals surface area (Å²) in [5, 5.41) is 10.4. The normalized spacial score (nSPS) is 15.7. The van der Waals surface area contributed by atoms with Crippen LogP contribution in [0.15, 0.2) is 53.7 Å². The molecule has 25 heavy (non-hydrogen) atoms. The van der Waals surface area contributed by atoms with Crippen LogP contribution in [0.3, 0.4) is 0 Å². The first kappa shape index (κ1) is 17.1. The maximum absolute atomic E-state index is 12.6. The Kier molecular flexibility index (Phi) is 5.11. The highest BCUT2D eigenvalue weighted by Crippen LogP contribution is 2.35. The van der Waals surface area contributed by atoms with Crippen molar-refractivity contribution in [3.8, 4) is 5.75 Å². The van der Waals surface area contributed by atoms with Crippen LogP contribution in [0.2, 0.25) is 0 Å². The number of benzene rings is 1. The number of carboxylic acids is 1.